The first-order valence-electron chi connectivity index (χ1n) is 10.6. The van der Waals surface area contributed by atoms with Crippen LogP contribution in [-0.2, 0) is 19.1 Å². The molecule has 0 aromatic heterocycles. The average molecular weight is 419 g/mol. The van der Waals surface area contributed by atoms with Crippen LogP contribution in [0.3, 0.4) is 0 Å². The first-order valence-corrected chi connectivity index (χ1v) is 10.6. The molecule has 0 radical (unpaired) electrons. The lowest BCUT2D eigenvalue weighted by Crippen LogP contribution is -2.38. The zero-order valence-corrected chi connectivity index (χ0v) is 18.6. The highest BCUT2D eigenvalue weighted by Crippen LogP contribution is 2.32. The molecule has 1 aromatic rings. The van der Waals surface area contributed by atoms with E-state index in [4.69, 9.17) is 14.2 Å². The lowest BCUT2D eigenvalue weighted by molar-refractivity contribution is -0.137. The van der Waals surface area contributed by atoms with E-state index in [0.717, 1.165) is 25.7 Å². The Bertz CT molecular complexity index is 722. The zero-order chi connectivity index (χ0) is 21.9. The summed E-state index contributed by atoms with van der Waals surface area (Å²) in [4.78, 5) is 30.0. The van der Waals surface area contributed by atoms with Crippen molar-refractivity contribution in [3.63, 3.8) is 0 Å². The molecule has 0 spiro atoms. The van der Waals surface area contributed by atoms with Crippen LogP contribution in [0.5, 0.6) is 5.75 Å². The predicted octanol–water partition coefficient (Wildman–Crippen LogP) is 2.95. The van der Waals surface area contributed by atoms with Crippen LogP contribution in [0.25, 0.3) is 5.57 Å². The lowest BCUT2D eigenvalue weighted by Gasteiger charge is -2.25. The van der Waals surface area contributed by atoms with Gasteiger partial charge in [0.2, 0.25) is 0 Å². The van der Waals surface area contributed by atoms with Crippen molar-refractivity contribution >= 4 is 17.4 Å². The van der Waals surface area contributed by atoms with Gasteiger partial charge in [-0.05, 0) is 24.1 Å². The maximum atomic E-state index is 13.4. The Balaban J connectivity index is 2.41. The highest BCUT2D eigenvalue weighted by molar-refractivity contribution is 6.35. The monoisotopic (exact) mass is 418 g/mol. The minimum absolute atomic E-state index is 0.239. The van der Waals surface area contributed by atoms with E-state index < -0.39 is 0 Å². The summed E-state index contributed by atoms with van der Waals surface area (Å²) in [5.41, 5.74) is 1.57. The van der Waals surface area contributed by atoms with E-state index in [1.54, 1.807) is 33.5 Å². The predicted molar refractivity (Wildman–Crippen MR) is 116 cm³/mol. The highest BCUT2D eigenvalue weighted by atomic mass is 16.5. The van der Waals surface area contributed by atoms with E-state index in [2.05, 4.69) is 6.92 Å². The Labute approximate surface area is 179 Å². The molecule has 0 aliphatic carbocycles. The third-order valence-corrected chi connectivity index (χ3v) is 5.20. The smallest absolute Gasteiger partial charge is 0.277 e. The minimum atomic E-state index is -0.241. The normalized spacial score (nSPS) is 14.1. The van der Waals surface area contributed by atoms with Crippen molar-refractivity contribution < 1.29 is 23.8 Å². The van der Waals surface area contributed by atoms with Gasteiger partial charge in [0.05, 0.1) is 25.9 Å². The van der Waals surface area contributed by atoms with Gasteiger partial charge in [0, 0.05) is 33.9 Å². The molecule has 7 heteroatoms. The number of amides is 2. The summed E-state index contributed by atoms with van der Waals surface area (Å²) >= 11 is 0. The van der Waals surface area contributed by atoms with Crippen molar-refractivity contribution in [1.82, 2.24) is 9.80 Å². The molecule has 0 atom stereocenters. The fourth-order valence-electron chi connectivity index (χ4n) is 3.51. The fraction of sp³-hybridized carbons (Fsp3) is 0.565. The van der Waals surface area contributed by atoms with Crippen LogP contribution < -0.4 is 4.74 Å². The molecule has 1 heterocycles. The summed E-state index contributed by atoms with van der Waals surface area (Å²) in [6.07, 6.45) is 4.00. The average Bonchev–Trinajstić information content (AvgIpc) is 3.01. The summed E-state index contributed by atoms with van der Waals surface area (Å²) in [6.45, 7) is 4.46. The SMILES string of the molecule is CCCCCCN1C(=O)C(c2ccc(OC)cc2)=C(N(CCOC)CCOC)C1=O. The van der Waals surface area contributed by atoms with Crippen molar-refractivity contribution in [1.29, 1.82) is 0 Å². The fourth-order valence-corrected chi connectivity index (χ4v) is 3.51. The molecule has 1 aliphatic rings. The van der Waals surface area contributed by atoms with E-state index >= 15 is 0 Å². The molecular weight excluding hydrogens is 384 g/mol. The van der Waals surface area contributed by atoms with Gasteiger partial charge < -0.3 is 19.1 Å². The second-order valence-electron chi connectivity index (χ2n) is 7.25. The number of hydrogen-bond donors (Lipinski definition) is 0. The molecule has 30 heavy (non-hydrogen) atoms. The number of rotatable bonds is 14. The quantitative estimate of drug-likeness (QED) is 0.342. The summed E-state index contributed by atoms with van der Waals surface area (Å²) in [5.74, 6) is 0.218. The van der Waals surface area contributed by atoms with Crippen molar-refractivity contribution in [2.24, 2.45) is 0 Å². The molecule has 7 nitrogen and oxygen atoms in total. The number of ether oxygens (including phenoxy) is 3. The third kappa shape index (κ3) is 5.83. The molecule has 2 rings (SSSR count). The number of benzene rings is 1. The molecule has 2 amide bonds. The van der Waals surface area contributed by atoms with Crippen molar-refractivity contribution in [2.75, 3.05) is 54.2 Å². The summed E-state index contributed by atoms with van der Waals surface area (Å²) < 4.78 is 15.7. The molecule has 0 unspecified atom stereocenters. The number of hydrogen-bond acceptors (Lipinski definition) is 6. The Morgan fingerprint density at radius 2 is 1.50 bits per heavy atom. The van der Waals surface area contributed by atoms with Gasteiger partial charge in [-0.3, -0.25) is 14.5 Å². The van der Waals surface area contributed by atoms with Gasteiger partial charge in [-0.15, -0.1) is 0 Å². The molecule has 1 aliphatic heterocycles. The maximum absolute atomic E-state index is 13.4. The Morgan fingerprint density at radius 3 is 2.03 bits per heavy atom. The van der Waals surface area contributed by atoms with Gasteiger partial charge in [0.25, 0.3) is 11.8 Å². The second kappa shape index (κ2) is 12.3. The molecule has 0 saturated heterocycles. The van der Waals surface area contributed by atoms with Gasteiger partial charge in [0.15, 0.2) is 0 Å². The van der Waals surface area contributed by atoms with Gasteiger partial charge in [-0.1, -0.05) is 38.3 Å². The number of carbonyl (C=O) groups is 2. The summed E-state index contributed by atoms with van der Waals surface area (Å²) in [6, 6.07) is 7.25. The number of unbranched alkanes of at least 4 members (excludes halogenated alkanes) is 3. The number of imide groups is 1. The van der Waals surface area contributed by atoms with Gasteiger partial charge in [0.1, 0.15) is 11.4 Å². The van der Waals surface area contributed by atoms with Crippen LogP contribution in [0.15, 0.2) is 30.0 Å². The molecule has 166 valence electrons. The van der Waals surface area contributed by atoms with Crippen molar-refractivity contribution in [3.8, 4) is 5.75 Å². The molecule has 1 aromatic carbocycles. The largest absolute Gasteiger partial charge is 0.497 e. The highest BCUT2D eigenvalue weighted by Gasteiger charge is 2.41. The van der Waals surface area contributed by atoms with Crippen LogP contribution in [0.1, 0.15) is 38.2 Å². The molecular formula is C23H34N2O5. The maximum Gasteiger partial charge on any atom is 0.277 e. The van der Waals surface area contributed by atoms with E-state index in [-0.39, 0.29) is 11.8 Å². The van der Waals surface area contributed by atoms with Gasteiger partial charge in [-0.2, -0.15) is 0 Å². The Hall–Kier alpha value is -2.38. The van der Waals surface area contributed by atoms with Crippen LogP contribution in [-0.4, -0.2) is 75.8 Å². The summed E-state index contributed by atoms with van der Waals surface area (Å²) in [5, 5.41) is 0. The van der Waals surface area contributed by atoms with Crippen LogP contribution in [0, 0.1) is 0 Å². The number of methoxy groups -OCH3 is 3. The van der Waals surface area contributed by atoms with E-state index in [1.807, 2.05) is 17.0 Å². The molecule has 0 fully saturated rings. The van der Waals surface area contributed by atoms with Crippen LogP contribution >= 0.6 is 0 Å². The first-order chi connectivity index (χ1) is 14.6. The molecule has 0 saturated carbocycles. The van der Waals surface area contributed by atoms with E-state index in [9.17, 15) is 9.59 Å². The first kappa shape index (κ1) is 23.9. The number of carbonyl (C=O) groups excluding carboxylic acids is 2. The van der Waals surface area contributed by atoms with Crippen molar-refractivity contribution in [2.45, 2.75) is 32.6 Å². The minimum Gasteiger partial charge on any atom is -0.497 e. The van der Waals surface area contributed by atoms with E-state index in [0.29, 0.717) is 55.4 Å². The van der Waals surface area contributed by atoms with E-state index in [1.165, 1.54) is 4.90 Å². The Kier molecular flexibility index (Phi) is 9.83. The van der Waals surface area contributed by atoms with Crippen LogP contribution in [0.4, 0.5) is 0 Å². The van der Waals surface area contributed by atoms with Crippen LogP contribution in [0.2, 0.25) is 0 Å². The topological polar surface area (TPSA) is 68.3 Å². The second-order valence-corrected chi connectivity index (χ2v) is 7.25. The zero-order valence-electron chi connectivity index (χ0n) is 18.6. The standard InChI is InChI=1S/C23H34N2O5/c1-5-6-7-8-13-25-22(26)20(18-9-11-19(30-4)12-10-18)21(23(25)27)24(14-16-28-2)15-17-29-3/h9-12H,5-8,13-17H2,1-4H3. The molecule has 0 bridgehead atoms. The number of nitrogens with zero attached hydrogens (tertiary/aromatic N) is 2. The lowest BCUT2D eigenvalue weighted by atomic mass is 10.0. The Morgan fingerprint density at radius 1 is 0.867 bits per heavy atom. The van der Waals surface area contributed by atoms with Gasteiger partial charge >= 0.3 is 0 Å². The summed E-state index contributed by atoms with van der Waals surface area (Å²) in [7, 11) is 4.84. The molecule has 0 N–H and O–H groups in total. The van der Waals surface area contributed by atoms with Gasteiger partial charge in [-0.25, -0.2) is 0 Å². The van der Waals surface area contributed by atoms with Crippen molar-refractivity contribution in [3.05, 3.63) is 35.5 Å². The third-order valence-electron chi connectivity index (χ3n) is 5.20.